The number of hydrogen-bond donors (Lipinski definition) is 4. The van der Waals surface area contributed by atoms with Crippen LogP contribution in [0.4, 0.5) is 4.79 Å². The molecule has 3 aliphatic rings. The number of carbonyl (C=O) groups excluding carboxylic acids is 6. The minimum absolute atomic E-state index is 0.0881. The average molecular weight is 592 g/mol. The van der Waals surface area contributed by atoms with Gasteiger partial charge in [-0.1, -0.05) is 11.6 Å². The number of hydrogen-bond acceptors (Lipinski definition) is 10. The Morgan fingerprint density at radius 3 is 2.21 bits per heavy atom. The summed E-state index contributed by atoms with van der Waals surface area (Å²) in [6, 6.07) is 0. The summed E-state index contributed by atoms with van der Waals surface area (Å²) in [4.78, 5) is 76.3. The third-order valence-corrected chi connectivity index (χ3v) is 8.50. The van der Waals surface area contributed by atoms with Gasteiger partial charge in [-0.2, -0.15) is 0 Å². The molecule has 3 rings (SSSR count). The second kappa shape index (κ2) is 12.2. The van der Waals surface area contributed by atoms with Crippen molar-refractivity contribution in [2.45, 2.75) is 52.2 Å². The van der Waals surface area contributed by atoms with Crippen molar-refractivity contribution in [2.75, 3.05) is 53.4 Å². The van der Waals surface area contributed by atoms with E-state index in [9.17, 15) is 33.9 Å². The minimum atomic E-state index is -1.60. The zero-order valence-corrected chi connectivity index (χ0v) is 25.0. The number of Topliss-reactive ketones (excluding diaryl/α,β-unsaturated/α-hetero) is 1. The topological polar surface area (TPSA) is 198 Å². The molecule has 0 unspecified atom stereocenters. The number of nitrogens with zero attached hydrogens (tertiary/aromatic N) is 2. The Hall–Kier alpha value is -3.78. The molecule has 1 fully saturated rings. The maximum absolute atomic E-state index is 13.4. The molecule has 3 aliphatic carbocycles. The van der Waals surface area contributed by atoms with Gasteiger partial charge in [-0.25, -0.2) is 4.79 Å². The quantitative estimate of drug-likeness (QED) is 0.217. The number of nitrogens with one attached hydrogen (secondary N) is 2. The Morgan fingerprint density at radius 2 is 1.64 bits per heavy atom. The maximum Gasteiger partial charge on any atom is 0.410 e. The van der Waals surface area contributed by atoms with E-state index in [0.29, 0.717) is 18.4 Å². The number of aliphatic hydroxyl groups is 1. The van der Waals surface area contributed by atoms with Crippen LogP contribution in [0.2, 0.25) is 0 Å². The summed E-state index contributed by atoms with van der Waals surface area (Å²) in [6.45, 7) is 5.53. The molecule has 0 bridgehead atoms. The van der Waals surface area contributed by atoms with Crippen LogP contribution in [0.15, 0.2) is 22.8 Å². The highest BCUT2D eigenvalue weighted by molar-refractivity contribution is 6.09. The third kappa shape index (κ3) is 6.33. The Balaban J connectivity index is 1.67. The molecule has 1 saturated carbocycles. The van der Waals surface area contributed by atoms with Gasteiger partial charge in [0.1, 0.15) is 18.3 Å². The van der Waals surface area contributed by atoms with Gasteiger partial charge in [0, 0.05) is 50.7 Å². The molecule has 3 atom stereocenters. The molecule has 0 aromatic carbocycles. The molecule has 42 heavy (non-hydrogen) atoms. The summed E-state index contributed by atoms with van der Waals surface area (Å²) in [7, 11) is 3.01. The van der Waals surface area contributed by atoms with Crippen molar-refractivity contribution in [3.05, 3.63) is 22.8 Å². The van der Waals surface area contributed by atoms with Gasteiger partial charge in [0.25, 0.3) is 0 Å². The fourth-order valence-electron chi connectivity index (χ4n) is 5.53. The second-order valence-corrected chi connectivity index (χ2v) is 11.6. The summed E-state index contributed by atoms with van der Waals surface area (Å²) in [5.41, 5.74) is 3.35. The first-order valence-electron chi connectivity index (χ1n) is 13.7. The number of ketones is 1. The largest absolute Gasteiger partial charge is 0.465 e. The van der Waals surface area contributed by atoms with Gasteiger partial charge in [-0.05, 0) is 33.6 Å². The lowest BCUT2D eigenvalue weighted by molar-refractivity contribution is -0.145. The standard InChI is InChI=1S/C28H41N5O9/c1-16-22-18(23(38)27(4,40)28(16)7-8-28)11-26(3,15-41-17(2)34)24(22)42-25(39)33(6)10-9-32(5)21(37)14-31-20(36)13-30-19(35)12-29/h11,24,40H,7-10,12-15,29H2,1-6H3,(H,30,35)(H,31,36)/t24-,26-,27-/m0/s1. The van der Waals surface area contributed by atoms with Gasteiger partial charge >= 0.3 is 12.1 Å². The molecular formula is C28H41N5O9. The van der Waals surface area contributed by atoms with Crippen LogP contribution in [0.1, 0.15) is 40.5 Å². The summed E-state index contributed by atoms with van der Waals surface area (Å²) >= 11 is 0. The van der Waals surface area contributed by atoms with E-state index >= 15 is 0 Å². The number of amides is 4. The van der Waals surface area contributed by atoms with Crippen LogP contribution in [0.25, 0.3) is 0 Å². The Morgan fingerprint density at radius 1 is 1.05 bits per heavy atom. The lowest BCUT2D eigenvalue weighted by atomic mass is 9.67. The number of ether oxygens (including phenoxy) is 2. The number of fused-ring (bicyclic) bond motifs is 1. The molecule has 0 radical (unpaired) electrons. The fourth-order valence-corrected chi connectivity index (χ4v) is 5.53. The lowest BCUT2D eigenvalue weighted by Crippen LogP contribution is -2.50. The fraction of sp³-hybridized carbons (Fsp3) is 0.643. The average Bonchev–Trinajstić information content (AvgIpc) is 3.71. The minimum Gasteiger partial charge on any atom is -0.465 e. The summed E-state index contributed by atoms with van der Waals surface area (Å²) in [5.74, 6) is -2.45. The summed E-state index contributed by atoms with van der Waals surface area (Å²) in [5, 5.41) is 15.9. The number of carbonyl (C=O) groups is 6. The van der Waals surface area contributed by atoms with E-state index in [1.807, 2.05) is 6.92 Å². The van der Waals surface area contributed by atoms with Crippen molar-refractivity contribution in [3.8, 4) is 0 Å². The maximum atomic E-state index is 13.4. The molecule has 0 aromatic rings. The molecule has 5 N–H and O–H groups in total. The van der Waals surface area contributed by atoms with E-state index < -0.39 is 58.1 Å². The van der Waals surface area contributed by atoms with Crippen LogP contribution >= 0.6 is 0 Å². The van der Waals surface area contributed by atoms with Gasteiger partial charge < -0.3 is 40.7 Å². The zero-order chi connectivity index (χ0) is 31.6. The van der Waals surface area contributed by atoms with E-state index in [1.54, 1.807) is 13.0 Å². The Bertz CT molecular complexity index is 1240. The molecular weight excluding hydrogens is 550 g/mol. The predicted molar refractivity (Wildman–Crippen MR) is 148 cm³/mol. The SMILES string of the molecule is CC(=O)OC[C@]1(C)C=C2C(=O)[C@](C)(O)C3(CC3)C(C)=C2[C@@H]1OC(=O)N(C)CCN(C)C(=O)CNC(=O)CNC(=O)CN. The number of likely N-dealkylation sites (N-methyl/N-ethyl adjacent to an activating group) is 2. The van der Waals surface area contributed by atoms with Crippen molar-refractivity contribution in [2.24, 2.45) is 16.6 Å². The first-order chi connectivity index (χ1) is 19.5. The highest BCUT2D eigenvalue weighted by Crippen LogP contribution is 2.65. The van der Waals surface area contributed by atoms with Gasteiger partial charge in [-0.3, -0.25) is 24.0 Å². The van der Waals surface area contributed by atoms with Gasteiger partial charge in [0.05, 0.1) is 25.0 Å². The van der Waals surface area contributed by atoms with E-state index in [4.69, 9.17) is 15.2 Å². The molecule has 14 nitrogen and oxygen atoms in total. The van der Waals surface area contributed by atoms with Crippen LogP contribution in [0, 0.1) is 10.8 Å². The van der Waals surface area contributed by atoms with Gasteiger partial charge in [-0.15, -0.1) is 0 Å². The normalized spacial score (nSPS) is 25.3. The van der Waals surface area contributed by atoms with Crippen LogP contribution in [-0.4, -0.2) is 116 Å². The summed E-state index contributed by atoms with van der Waals surface area (Å²) in [6.07, 6.45) is 1.20. The first-order valence-corrected chi connectivity index (χ1v) is 13.7. The van der Waals surface area contributed by atoms with Crippen molar-refractivity contribution in [1.29, 1.82) is 0 Å². The van der Waals surface area contributed by atoms with Crippen molar-refractivity contribution in [1.82, 2.24) is 20.4 Å². The van der Waals surface area contributed by atoms with Crippen LogP contribution in [0.3, 0.4) is 0 Å². The monoisotopic (exact) mass is 591 g/mol. The Labute approximate surface area is 244 Å². The molecule has 0 aromatic heterocycles. The molecule has 0 aliphatic heterocycles. The van der Waals surface area contributed by atoms with E-state index in [-0.39, 0.29) is 44.9 Å². The highest BCUT2D eigenvalue weighted by atomic mass is 16.6. The van der Waals surface area contributed by atoms with Crippen LogP contribution in [0.5, 0.6) is 0 Å². The lowest BCUT2D eigenvalue weighted by Gasteiger charge is -2.40. The molecule has 1 spiro atoms. The van der Waals surface area contributed by atoms with Crippen molar-refractivity contribution < 1.29 is 43.3 Å². The number of esters is 1. The van der Waals surface area contributed by atoms with Crippen LogP contribution < -0.4 is 16.4 Å². The van der Waals surface area contributed by atoms with E-state index in [0.717, 1.165) is 5.57 Å². The first kappa shape index (κ1) is 32.7. The Kier molecular flexibility index (Phi) is 9.52. The predicted octanol–water partition coefficient (Wildman–Crippen LogP) is -0.987. The van der Waals surface area contributed by atoms with Gasteiger partial charge in [0.2, 0.25) is 17.7 Å². The molecule has 0 heterocycles. The molecule has 0 saturated heterocycles. The number of nitrogens with two attached hydrogens (primary N) is 1. The highest BCUT2D eigenvalue weighted by Gasteiger charge is 2.67. The molecule has 4 amide bonds. The van der Waals surface area contributed by atoms with E-state index in [1.165, 1.54) is 37.7 Å². The zero-order valence-electron chi connectivity index (χ0n) is 25.0. The van der Waals surface area contributed by atoms with Crippen molar-refractivity contribution >= 4 is 35.6 Å². The number of rotatable bonds is 11. The summed E-state index contributed by atoms with van der Waals surface area (Å²) < 4.78 is 11.3. The van der Waals surface area contributed by atoms with Crippen molar-refractivity contribution in [3.63, 3.8) is 0 Å². The third-order valence-electron chi connectivity index (χ3n) is 8.50. The van der Waals surface area contributed by atoms with Crippen LogP contribution in [-0.2, 0) is 33.4 Å². The molecule has 232 valence electrons. The smallest absolute Gasteiger partial charge is 0.410 e. The molecule has 14 heteroatoms. The second-order valence-electron chi connectivity index (χ2n) is 11.6. The van der Waals surface area contributed by atoms with Gasteiger partial charge in [0.15, 0.2) is 5.78 Å². The van der Waals surface area contributed by atoms with E-state index in [2.05, 4.69) is 10.6 Å².